The Morgan fingerprint density at radius 2 is 1.73 bits per heavy atom. The predicted molar refractivity (Wildman–Crippen MR) is 114 cm³/mol. The van der Waals surface area contributed by atoms with Crippen molar-refractivity contribution in [2.75, 3.05) is 24.9 Å². The maximum atomic E-state index is 11.8. The first-order valence-electron chi connectivity index (χ1n) is 8.69. The number of nitro groups is 1. The van der Waals surface area contributed by atoms with E-state index in [0.717, 1.165) is 10.2 Å². The average Bonchev–Trinajstić information content (AvgIpc) is 3.15. The number of fused-ring (bicyclic) bond motifs is 1. The minimum atomic E-state index is -0.540. The molecule has 0 atom stereocenters. The van der Waals surface area contributed by atoms with Gasteiger partial charge in [-0.2, -0.15) is 0 Å². The third kappa shape index (κ3) is 3.91. The number of aromatic nitrogens is 3. The van der Waals surface area contributed by atoms with Crippen LogP contribution in [0.2, 0.25) is 0 Å². The molecule has 152 valence electrons. The zero-order chi connectivity index (χ0) is 21.1. The smallest absolute Gasteiger partial charge is 0.353 e. The van der Waals surface area contributed by atoms with Gasteiger partial charge in [0.05, 0.1) is 29.4 Å². The standard InChI is InChI=1S/C19H16N6O4S/c1-28-12-5-3-4-11(8-12)22-17-16(25(26)27)18(21-10-20-17)24-19-23-14-7-6-13(29-2)9-15(14)30-19/h3-10H,1-2H3,(H2,20,21,22,23,24). The lowest BCUT2D eigenvalue weighted by Crippen LogP contribution is -2.05. The van der Waals surface area contributed by atoms with Gasteiger partial charge in [-0.1, -0.05) is 17.4 Å². The normalized spacial score (nSPS) is 10.6. The van der Waals surface area contributed by atoms with Crippen LogP contribution in [0, 0.1) is 10.1 Å². The molecule has 0 unspecified atom stereocenters. The Morgan fingerprint density at radius 1 is 1.00 bits per heavy atom. The summed E-state index contributed by atoms with van der Waals surface area (Å²) in [6.45, 7) is 0. The number of hydrogen-bond acceptors (Lipinski definition) is 10. The van der Waals surface area contributed by atoms with Crippen LogP contribution in [0.1, 0.15) is 0 Å². The summed E-state index contributed by atoms with van der Waals surface area (Å²) in [6.07, 6.45) is 1.24. The fraction of sp³-hybridized carbons (Fsp3) is 0.105. The SMILES string of the molecule is COc1cccc(Nc2ncnc(Nc3nc4ccc(OC)cc4s3)c2[N+](=O)[O-])c1. The highest BCUT2D eigenvalue weighted by Crippen LogP contribution is 2.36. The highest BCUT2D eigenvalue weighted by Gasteiger charge is 2.24. The summed E-state index contributed by atoms with van der Waals surface area (Å²) in [7, 11) is 3.13. The van der Waals surface area contributed by atoms with Crippen LogP contribution in [0.25, 0.3) is 10.2 Å². The topological polar surface area (TPSA) is 124 Å². The van der Waals surface area contributed by atoms with Gasteiger partial charge in [0.2, 0.25) is 11.6 Å². The van der Waals surface area contributed by atoms with Crippen molar-refractivity contribution >= 4 is 49.7 Å². The molecule has 2 heterocycles. The largest absolute Gasteiger partial charge is 0.497 e. The van der Waals surface area contributed by atoms with Crippen molar-refractivity contribution in [2.24, 2.45) is 0 Å². The van der Waals surface area contributed by atoms with E-state index in [9.17, 15) is 10.1 Å². The van der Waals surface area contributed by atoms with Crippen molar-refractivity contribution < 1.29 is 14.4 Å². The van der Waals surface area contributed by atoms with Gasteiger partial charge in [0.1, 0.15) is 17.8 Å². The van der Waals surface area contributed by atoms with Crippen LogP contribution in [0.4, 0.5) is 28.1 Å². The molecule has 0 aliphatic heterocycles. The molecule has 0 saturated carbocycles. The van der Waals surface area contributed by atoms with E-state index in [1.807, 2.05) is 12.1 Å². The van der Waals surface area contributed by atoms with Crippen LogP contribution in [-0.2, 0) is 0 Å². The van der Waals surface area contributed by atoms with Crippen LogP contribution in [0.15, 0.2) is 48.8 Å². The molecule has 11 heteroatoms. The predicted octanol–water partition coefficient (Wildman–Crippen LogP) is 4.50. The van der Waals surface area contributed by atoms with E-state index >= 15 is 0 Å². The third-order valence-corrected chi connectivity index (χ3v) is 5.09. The summed E-state index contributed by atoms with van der Waals surface area (Å²) >= 11 is 1.33. The van der Waals surface area contributed by atoms with Crippen molar-refractivity contribution in [1.82, 2.24) is 15.0 Å². The maximum Gasteiger partial charge on any atom is 0.353 e. The van der Waals surface area contributed by atoms with Crippen molar-refractivity contribution in [3.63, 3.8) is 0 Å². The highest BCUT2D eigenvalue weighted by molar-refractivity contribution is 7.22. The fourth-order valence-electron chi connectivity index (χ4n) is 2.76. The Morgan fingerprint density at radius 3 is 2.47 bits per heavy atom. The van der Waals surface area contributed by atoms with E-state index in [0.29, 0.717) is 22.3 Å². The molecule has 2 N–H and O–H groups in total. The van der Waals surface area contributed by atoms with Crippen molar-refractivity contribution in [2.45, 2.75) is 0 Å². The molecule has 0 spiro atoms. The molecule has 0 saturated heterocycles. The molecular weight excluding hydrogens is 408 g/mol. The van der Waals surface area contributed by atoms with E-state index < -0.39 is 4.92 Å². The summed E-state index contributed by atoms with van der Waals surface area (Å²) in [5, 5.41) is 18.1. The molecule has 10 nitrogen and oxygen atoms in total. The first-order valence-corrected chi connectivity index (χ1v) is 9.51. The number of benzene rings is 2. The Hall–Kier alpha value is -3.99. The molecule has 4 rings (SSSR count). The molecule has 2 aromatic carbocycles. The molecule has 0 bridgehead atoms. The number of nitrogens with one attached hydrogen (secondary N) is 2. The molecule has 0 radical (unpaired) electrons. The van der Waals surface area contributed by atoms with Crippen LogP contribution < -0.4 is 20.1 Å². The molecule has 0 aliphatic carbocycles. The van der Waals surface area contributed by atoms with Gasteiger partial charge in [-0.15, -0.1) is 0 Å². The van der Waals surface area contributed by atoms with Crippen molar-refractivity contribution in [3.05, 3.63) is 58.9 Å². The Labute approximate surface area is 174 Å². The summed E-state index contributed by atoms with van der Waals surface area (Å²) < 4.78 is 11.3. The zero-order valence-corrected chi connectivity index (χ0v) is 16.8. The second-order valence-corrected chi connectivity index (χ2v) is 7.04. The molecule has 0 fully saturated rings. The fourth-order valence-corrected chi connectivity index (χ4v) is 3.65. The monoisotopic (exact) mass is 424 g/mol. The molecule has 4 aromatic rings. The van der Waals surface area contributed by atoms with Gasteiger partial charge in [-0.05, 0) is 30.3 Å². The van der Waals surface area contributed by atoms with Gasteiger partial charge >= 0.3 is 5.69 Å². The first-order chi connectivity index (χ1) is 14.6. The van der Waals surface area contributed by atoms with E-state index in [1.54, 1.807) is 44.6 Å². The van der Waals surface area contributed by atoms with Crippen molar-refractivity contribution in [1.29, 1.82) is 0 Å². The Kier molecular flexibility index (Phi) is 5.26. The number of methoxy groups -OCH3 is 2. The van der Waals surface area contributed by atoms with Gasteiger partial charge in [0, 0.05) is 11.8 Å². The van der Waals surface area contributed by atoms with Crippen LogP contribution in [-0.4, -0.2) is 34.1 Å². The second-order valence-electron chi connectivity index (χ2n) is 6.01. The van der Waals surface area contributed by atoms with Gasteiger partial charge < -0.3 is 20.1 Å². The van der Waals surface area contributed by atoms with Gasteiger partial charge in [0.15, 0.2) is 5.13 Å². The average molecular weight is 424 g/mol. The highest BCUT2D eigenvalue weighted by atomic mass is 32.1. The number of nitrogens with zero attached hydrogens (tertiary/aromatic N) is 4. The van der Waals surface area contributed by atoms with E-state index in [2.05, 4.69) is 25.6 Å². The number of hydrogen-bond donors (Lipinski definition) is 2. The van der Waals surface area contributed by atoms with Crippen LogP contribution in [0.5, 0.6) is 11.5 Å². The molecule has 0 amide bonds. The zero-order valence-electron chi connectivity index (χ0n) is 15.9. The van der Waals surface area contributed by atoms with Crippen LogP contribution in [0.3, 0.4) is 0 Å². The van der Waals surface area contributed by atoms with E-state index in [1.165, 1.54) is 17.7 Å². The molecule has 0 aliphatic rings. The van der Waals surface area contributed by atoms with Crippen molar-refractivity contribution in [3.8, 4) is 11.5 Å². The number of anilines is 4. The minimum Gasteiger partial charge on any atom is -0.497 e. The summed E-state index contributed by atoms with van der Waals surface area (Å²) in [5.74, 6) is 1.40. The van der Waals surface area contributed by atoms with E-state index in [-0.39, 0.29) is 17.3 Å². The quantitative estimate of drug-likeness (QED) is 0.326. The molecule has 30 heavy (non-hydrogen) atoms. The molecular formula is C19H16N6O4S. The lowest BCUT2D eigenvalue weighted by molar-refractivity contribution is -0.383. The number of thiazole rings is 1. The van der Waals surface area contributed by atoms with Gasteiger partial charge in [0.25, 0.3) is 0 Å². The first kappa shape index (κ1) is 19.3. The number of ether oxygens (including phenoxy) is 2. The van der Waals surface area contributed by atoms with Crippen LogP contribution >= 0.6 is 11.3 Å². The Balaban J connectivity index is 1.68. The van der Waals surface area contributed by atoms with Gasteiger partial charge in [-0.25, -0.2) is 15.0 Å². The Bertz CT molecular complexity index is 1230. The minimum absolute atomic E-state index is 0.0337. The van der Waals surface area contributed by atoms with E-state index in [4.69, 9.17) is 9.47 Å². The lowest BCUT2D eigenvalue weighted by Gasteiger charge is -2.09. The lowest BCUT2D eigenvalue weighted by atomic mass is 10.3. The summed E-state index contributed by atoms with van der Waals surface area (Å²) in [6, 6.07) is 12.5. The third-order valence-electron chi connectivity index (χ3n) is 4.16. The summed E-state index contributed by atoms with van der Waals surface area (Å²) in [5.41, 5.74) is 1.04. The second kappa shape index (κ2) is 8.17. The summed E-state index contributed by atoms with van der Waals surface area (Å²) in [4.78, 5) is 23.8. The van der Waals surface area contributed by atoms with Gasteiger partial charge in [-0.3, -0.25) is 10.1 Å². The maximum absolute atomic E-state index is 11.8. The number of rotatable bonds is 7. The molecule has 2 aromatic heterocycles.